The fraction of sp³-hybridized carbons (Fsp3) is 0.778. The molecule has 0 aliphatic carbocycles. The van der Waals surface area contributed by atoms with Crippen LogP contribution in [0.4, 0.5) is 5.13 Å². The molecule has 1 unspecified atom stereocenters. The molecule has 0 aliphatic rings. The lowest BCUT2D eigenvalue weighted by Crippen LogP contribution is -2.42. The van der Waals surface area contributed by atoms with Crippen molar-refractivity contribution in [2.75, 3.05) is 45.2 Å². The van der Waals surface area contributed by atoms with Crippen molar-refractivity contribution >= 4 is 46.4 Å². The van der Waals surface area contributed by atoms with E-state index in [0.717, 1.165) is 42.8 Å². The van der Waals surface area contributed by atoms with E-state index in [4.69, 9.17) is 0 Å². The largest absolute Gasteiger partial charge is 0.357 e. The van der Waals surface area contributed by atoms with Crippen LogP contribution in [0.15, 0.2) is 10.4 Å². The van der Waals surface area contributed by atoms with Gasteiger partial charge in [-0.15, -0.1) is 35.3 Å². The van der Waals surface area contributed by atoms with Crippen molar-refractivity contribution in [1.29, 1.82) is 0 Å². The van der Waals surface area contributed by atoms with E-state index in [1.807, 2.05) is 19.0 Å². The average molecular weight is 497 g/mol. The van der Waals surface area contributed by atoms with Crippen LogP contribution < -0.4 is 15.5 Å². The average Bonchev–Trinajstić information content (AvgIpc) is 3.06. The van der Waals surface area contributed by atoms with E-state index in [9.17, 15) is 0 Å². The summed E-state index contributed by atoms with van der Waals surface area (Å²) in [5, 5.41) is 9.94. The van der Waals surface area contributed by atoms with E-state index in [0.29, 0.717) is 12.6 Å². The summed E-state index contributed by atoms with van der Waals surface area (Å²) in [6.07, 6.45) is 2.34. The standard InChI is InChI=1S/C18H36N6S.HI/c1-7-19-17(20-13-16-14-25-18(22-16)23(5)6)21-15(4)11-10-12-24(8-2)9-3;/h14-15H,7-13H2,1-6H3,(H2,19,20,21);1H. The van der Waals surface area contributed by atoms with E-state index in [-0.39, 0.29) is 24.0 Å². The summed E-state index contributed by atoms with van der Waals surface area (Å²) in [5.74, 6) is 0.872. The zero-order chi connectivity index (χ0) is 18.7. The molecule has 0 spiro atoms. The Morgan fingerprint density at radius 3 is 2.50 bits per heavy atom. The molecule has 8 heteroatoms. The molecule has 0 saturated heterocycles. The van der Waals surface area contributed by atoms with Crippen molar-refractivity contribution < 1.29 is 0 Å². The van der Waals surface area contributed by atoms with Crippen LogP contribution in [0.25, 0.3) is 0 Å². The Labute approximate surface area is 180 Å². The maximum absolute atomic E-state index is 4.68. The van der Waals surface area contributed by atoms with Gasteiger partial charge in [0.15, 0.2) is 11.1 Å². The van der Waals surface area contributed by atoms with Crippen LogP contribution in [-0.2, 0) is 6.54 Å². The van der Waals surface area contributed by atoms with Gasteiger partial charge in [-0.05, 0) is 46.3 Å². The highest BCUT2D eigenvalue weighted by atomic mass is 127. The topological polar surface area (TPSA) is 55.8 Å². The number of aliphatic imine (C=N–C) groups is 1. The molecule has 6 nitrogen and oxygen atoms in total. The molecule has 1 rings (SSSR count). The van der Waals surface area contributed by atoms with Crippen LogP contribution in [0, 0.1) is 0 Å². The molecule has 1 atom stereocenters. The van der Waals surface area contributed by atoms with E-state index in [1.165, 1.54) is 13.0 Å². The van der Waals surface area contributed by atoms with Crippen molar-refractivity contribution in [3.8, 4) is 0 Å². The van der Waals surface area contributed by atoms with Crippen molar-refractivity contribution in [3.63, 3.8) is 0 Å². The van der Waals surface area contributed by atoms with Crippen molar-refractivity contribution in [3.05, 3.63) is 11.1 Å². The molecule has 0 bridgehead atoms. The lowest BCUT2D eigenvalue weighted by atomic mass is 10.2. The summed E-state index contributed by atoms with van der Waals surface area (Å²) in [7, 11) is 4.02. The fourth-order valence-electron chi connectivity index (χ4n) is 2.52. The maximum atomic E-state index is 4.68. The molecule has 152 valence electrons. The number of hydrogen-bond donors (Lipinski definition) is 2. The van der Waals surface area contributed by atoms with Gasteiger partial charge in [0.25, 0.3) is 0 Å². The van der Waals surface area contributed by atoms with E-state index >= 15 is 0 Å². The SMILES string of the molecule is CCNC(=NCc1csc(N(C)C)n1)NC(C)CCCN(CC)CC.I. The molecule has 1 aromatic heterocycles. The van der Waals surface area contributed by atoms with E-state index in [1.54, 1.807) is 11.3 Å². The van der Waals surface area contributed by atoms with Crippen LogP contribution in [0.3, 0.4) is 0 Å². The zero-order valence-electron chi connectivity index (χ0n) is 17.2. The van der Waals surface area contributed by atoms with Crippen LogP contribution in [-0.4, -0.2) is 62.2 Å². The van der Waals surface area contributed by atoms with Gasteiger partial charge >= 0.3 is 0 Å². The Kier molecular flexibility index (Phi) is 14.1. The summed E-state index contributed by atoms with van der Waals surface area (Å²) in [4.78, 5) is 13.8. The number of nitrogens with zero attached hydrogens (tertiary/aromatic N) is 4. The summed E-state index contributed by atoms with van der Waals surface area (Å²) < 4.78 is 0. The van der Waals surface area contributed by atoms with Crippen molar-refractivity contribution in [1.82, 2.24) is 20.5 Å². The Balaban J connectivity index is 0.00000625. The number of anilines is 1. The Bertz CT molecular complexity index is 502. The quantitative estimate of drug-likeness (QED) is 0.280. The Morgan fingerprint density at radius 2 is 1.96 bits per heavy atom. The molecule has 0 saturated carbocycles. The second kappa shape index (κ2) is 14.4. The molecule has 1 aromatic rings. The van der Waals surface area contributed by atoms with Crippen LogP contribution in [0.2, 0.25) is 0 Å². The fourth-order valence-corrected chi connectivity index (χ4v) is 3.27. The van der Waals surface area contributed by atoms with Crippen LogP contribution in [0.1, 0.15) is 46.2 Å². The molecular weight excluding hydrogens is 459 g/mol. The number of halogens is 1. The lowest BCUT2D eigenvalue weighted by molar-refractivity contribution is 0.292. The van der Waals surface area contributed by atoms with Crippen LogP contribution >= 0.6 is 35.3 Å². The number of nitrogens with one attached hydrogen (secondary N) is 2. The number of rotatable bonds is 11. The third-order valence-electron chi connectivity index (χ3n) is 4.05. The molecule has 2 N–H and O–H groups in total. The first-order valence-corrected chi connectivity index (χ1v) is 10.3. The molecule has 1 heterocycles. The summed E-state index contributed by atoms with van der Waals surface area (Å²) >= 11 is 1.65. The predicted molar refractivity (Wildman–Crippen MR) is 126 cm³/mol. The molecular formula is C18H37IN6S. The van der Waals surface area contributed by atoms with Crippen molar-refractivity contribution in [2.45, 2.75) is 53.1 Å². The third-order valence-corrected chi connectivity index (χ3v) is 5.11. The smallest absolute Gasteiger partial charge is 0.191 e. The van der Waals surface area contributed by atoms with Gasteiger partial charge in [0, 0.05) is 32.1 Å². The minimum atomic E-state index is 0. The highest BCUT2D eigenvalue weighted by molar-refractivity contribution is 14.0. The highest BCUT2D eigenvalue weighted by Crippen LogP contribution is 2.18. The van der Waals surface area contributed by atoms with Crippen molar-refractivity contribution in [2.24, 2.45) is 4.99 Å². The highest BCUT2D eigenvalue weighted by Gasteiger charge is 2.08. The van der Waals surface area contributed by atoms with E-state index in [2.05, 4.69) is 58.6 Å². The van der Waals surface area contributed by atoms with Gasteiger partial charge in [0.1, 0.15) is 0 Å². The normalized spacial score (nSPS) is 12.7. The molecule has 26 heavy (non-hydrogen) atoms. The zero-order valence-corrected chi connectivity index (χ0v) is 20.4. The second-order valence-electron chi connectivity index (χ2n) is 6.43. The number of aromatic nitrogens is 1. The Morgan fingerprint density at radius 1 is 1.27 bits per heavy atom. The van der Waals surface area contributed by atoms with Gasteiger partial charge in [0.2, 0.25) is 0 Å². The summed E-state index contributed by atoms with van der Waals surface area (Å²) in [6, 6.07) is 0.404. The minimum Gasteiger partial charge on any atom is -0.357 e. The molecule has 0 fully saturated rings. The van der Waals surface area contributed by atoms with Gasteiger partial charge < -0.3 is 20.4 Å². The first kappa shape index (κ1) is 25.4. The lowest BCUT2D eigenvalue weighted by Gasteiger charge is -2.21. The number of thiazole rings is 1. The second-order valence-corrected chi connectivity index (χ2v) is 7.26. The van der Waals surface area contributed by atoms with Gasteiger partial charge in [-0.2, -0.15) is 0 Å². The summed E-state index contributed by atoms with van der Waals surface area (Å²) in [6.45, 7) is 13.7. The summed E-state index contributed by atoms with van der Waals surface area (Å²) in [5.41, 5.74) is 1.01. The minimum absolute atomic E-state index is 0. The first-order valence-electron chi connectivity index (χ1n) is 9.38. The van der Waals surface area contributed by atoms with Crippen LogP contribution in [0.5, 0.6) is 0 Å². The molecule has 0 amide bonds. The molecule has 0 aliphatic heterocycles. The first-order chi connectivity index (χ1) is 12.0. The number of hydrogen-bond acceptors (Lipinski definition) is 5. The maximum Gasteiger partial charge on any atom is 0.191 e. The van der Waals surface area contributed by atoms with Gasteiger partial charge in [-0.3, -0.25) is 0 Å². The molecule has 0 aromatic carbocycles. The number of guanidine groups is 1. The molecule has 0 radical (unpaired) electrons. The third kappa shape index (κ3) is 9.91. The monoisotopic (exact) mass is 496 g/mol. The van der Waals surface area contributed by atoms with Gasteiger partial charge in [-0.25, -0.2) is 9.98 Å². The van der Waals surface area contributed by atoms with Gasteiger partial charge in [-0.1, -0.05) is 13.8 Å². The Hall–Kier alpha value is -0.610. The van der Waals surface area contributed by atoms with Gasteiger partial charge in [0.05, 0.1) is 12.2 Å². The van der Waals surface area contributed by atoms with E-state index < -0.39 is 0 Å². The predicted octanol–water partition coefficient (Wildman–Crippen LogP) is 3.39.